The predicted octanol–water partition coefficient (Wildman–Crippen LogP) is 1.60. The van der Waals surface area contributed by atoms with Crippen LogP contribution in [0.15, 0.2) is 41.1 Å². The summed E-state index contributed by atoms with van der Waals surface area (Å²) >= 11 is 0. The summed E-state index contributed by atoms with van der Waals surface area (Å²) in [4.78, 5) is 28.9. The van der Waals surface area contributed by atoms with Gasteiger partial charge in [0.15, 0.2) is 0 Å². The van der Waals surface area contributed by atoms with E-state index in [4.69, 9.17) is 4.52 Å². The van der Waals surface area contributed by atoms with Gasteiger partial charge in [0.05, 0.1) is 24.6 Å². The minimum absolute atomic E-state index is 0.0432. The largest absolute Gasteiger partial charge is 0.361 e. The zero-order chi connectivity index (χ0) is 16.7. The fourth-order valence-electron chi connectivity index (χ4n) is 3.66. The molecular weight excluding hydrogens is 306 g/mol. The Balaban J connectivity index is 1.45. The molecule has 2 atom stereocenters. The normalized spacial score (nSPS) is 24.0. The van der Waals surface area contributed by atoms with Gasteiger partial charge in [-0.25, -0.2) is 0 Å². The number of aryl methyl sites for hydroxylation is 1. The van der Waals surface area contributed by atoms with E-state index in [2.05, 4.69) is 10.1 Å². The lowest BCUT2D eigenvalue weighted by Gasteiger charge is -2.20. The van der Waals surface area contributed by atoms with Crippen LogP contribution in [0.25, 0.3) is 0 Å². The van der Waals surface area contributed by atoms with E-state index in [-0.39, 0.29) is 23.7 Å². The van der Waals surface area contributed by atoms with Gasteiger partial charge in [-0.15, -0.1) is 0 Å². The maximum atomic E-state index is 12.7. The van der Waals surface area contributed by atoms with Crippen molar-refractivity contribution in [3.8, 4) is 0 Å². The van der Waals surface area contributed by atoms with Gasteiger partial charge in [0.1, 0.15) is 5.76 Å². The molecule has 6 heteroatoms. The minimum Gasteiger partial charge on any atom is -0.361 e. The Morgan fingerprint density at radius 1 is 1.08 bits per heavy atom. The number of fused-ring (bicyclic) bond motifs is 1. The van der Waals surface area contributed by atoms with Crippen LogP contribution in [0.1, 0.15) is 16.9 Å². The van der Waals surface area contributed by atoms with Crippen molar-refractivity contribution in [2.75, 3.05) is 13.1 Å². The summed E-state index contributed by atoms with van der Waals surface area (Å²) in [5.74, 6) is 0.259. The third kappa shape index (κ3) is 2.53. The third-order valence-corrected chi connectivity index (χ3v) is 4.99. The molecule has 4 rings (SSSR count). The number of carbonyl (C=O) groups is 2. The molecule has 0 bridgehead atoms. The highest BCUT2D eigenvalue weighted by molar-refractivity contribution is 6.05. The standard InChI is InChI=1S/C18H19N3O3/c1-12-14(7-19-24-12)9-20-10-15-16(11-20)18(23)21(17(15)22)8-13-5-3-2-4-6-13/h2-7,15-16H,8-11H2,1H3. The summed E-state index contributed by atoms with van der Waals surface area (Å²) in [7, 11) is 0. The molecule has 1 aromatic heterocycles. The van der Waals surface area contributed by atoms with Gasteiger partial charge in [-0.2, -0.15) is 0 Å². The van der Waals surface area contributed by atoms with Crippen molar-refractivity contribution in [2.24, 2.45) is 11.8 Å². The summed E-state index contributed by atoms with van der Waals surface area (Å²) in [6, 6.07) is 9.65. The minimum atomic E-state index is -0.221. The molecule has 2 amide bonds. The molecule has 24 heavy (non-hydrogen) atoms. The monoisotopic (exact) mass is 325 g/mol. The number of amides is 2. The summed E-state index contributed by atoms with van der Waals surface area (Å²) in [5.41, 5.74) is 1.99. The predicted molar refractivity (Wildman–Crippen MR) is 85.5 cm³/mol. The Bertz CT molecular complexity index is 747. The van der Waals surface area contributed by atoms with Crippen LogP contribution < -0.4 is 0 Å². The average Bonchev–Trinajstić information content (AvgIpc) is 3.24. The summed E-state index contributed by atoms with van der Waals surface area (Å²) in [5, 5.41) is 3.78. The van der Waals surface area contributed by atoms with Gasteiger partial charge in [-0.1, -0.05) is 35.5 Å². The lowest BCUT2D eigenvalue weighted by molar-refractivity contribution is -0.141. The van der Waals surface area contributed by atoms with Crippen LogP contribution >= 0.6 is 0 Å². The van der Waals surface area contributed by atoms with Crippen LogP contribution in [-0.2, 0) is 22.7 Å². The maximum Gasteiger partial charge on any atom is 0.234 e. The van der Waals surface area contributed by atoms with Gasteiger partial charge in [0.2, 0.25) is 11.8 Å². The molecule has 0 aliphatic carbocycles. The van der Waals surface area contributed by atoms with Crippen LogP contribution in [0.4, 0.5) is 0 Å². The molecule has 0 radical (unpaired) electrons. The molecule has 124 valence electrons. The molecule has 6 nitrogen and oxygen atoms in total. The van der Waals surface area contributed by atoms with E-state index in [9.17, 15) is 9.59 Å². The van der Waals surface area contributed by atoms with Gasteiger partial charge in [-0.3, -0.25) is 19.4 Å². The molecule has 0 saturated carbocycles. The zero-order valence-electron chi connectivity index (χ0n) is 13.5. The molecule has 2 saturated heterocycles. The summed E-state index contributed by atoms with van der Waals surface area (Å²) in [6.07, 6.45) is 1.70. The zero-order valence-corrected chi connectivity index (χ0v) is 13.5. The first-order valence-electron chi connectivity index (χ1n) is 8.15. The molecule has 2 fully saturated rings. The van der Waals surface area contributed by atoms with Crippen LogP contribution in [0.2, 0.25) is 0 Å². The second-order valence-electron chi connectivity index (χ2n) is 6.56. The van der Waals surface area contributed by atoms with E-state index in [1.54, 1.807) is 6.20 Å². The topological polar surface area (TPSA) is 66.7 Å². The highest BCUT2D eigenvalue weighted by atomic mass is 16.5. The van der Waals surface area contributed by atoms with Crippen molar-refractivity contribution in [3.05, 3.63) is 53.4 Å². The van der Waals surface area contributed by atoms with Crippen LogP contribution in [0.3, 0.4) is 0 Å². The molecule has 2 aliphatic rings. The smallest absolute Gasteiger partial charge is 0.234 e. The van der Waals surface area contributed by atoms with E-state index >= 15 is 0 Å². The number of hydrogen-bond acceptors (Lipinski definition) is 5. The van der Waals surface area contributed by atoms with Crippen molar-refractivity contribution >= 4 is 11.8 Å². The lowest BCUT2D eigenvalue weighted by Crippen LogP contribution is -2.35. The van der Waals surface area contributed by atoms with Crippen LogP contribution in [-0.4, -0.2) is 39.9 Å². The summed E-state index contributed by atoms with van der Waals surface area (Å²) < 4.78 is 5.08. The Morgan fingerprint density at radius 2 is 1.75 bits per heavy atom. The quantitative estimate of drug-likeness (QED) is 0.799. The van der Waals surface area contributed by atoms with Gasteiger partial charge in [-0.05, 0) is 12.5 Å². The van der Waals surface area contributed by atoms with E-state index in [0.717, 1.165) is 16.9 Å². The first kappa shape index (κ1) is 15.1. The average molecular weight is 325 g/mol. The van der Waals surface area contributed by atoms with E-state index in [0.29, 0.717) is 26.2 Å². The molecule has 0 spiro atoms. The Labute approximate surface area is 140 Å². The highest BCUT2D eigenvalue weighted by Gasteiger charge is 2.52. The van der Waals surface area contributed by atoms with Gasteiger partial charge >= 0.3 is 0 Å². The van der Waals surface area contributed by atoms with Crippen molar-refractivity contribution in [1.29, 1.82) is 0 Å². The van der Waals surface area contributed by atoms with Crippen molar-refractivity contribution in [3.63, 3.8) is 0 Å². The lowest BCUT2D eigenvalue weighted by atomic mass is 10.00. The number of nitrogens with zero attached hydrogens (tertiary/aromatic N) is 3. The molecule has 2 unspecified atom stereocenters. The molecule has 2 aromatic rings. The van der Waals surface area contributed by atoms with Gasteiger partial charge < -0.3 is 4.52 Å². The third-order valence-electron chi connectivity index (χ3n) is 4.99. The fourth-order valence-corrected chi connectivity index (χ4v) is 3.66. The van der Waals surface area contributed by atoms with Crippen molar-refractivity contribution in [2.45, 2.75) is 20.0 Å². The molecule has 3 heterocycles. The van der Waals surface area contributed by atoms with E-state index in [1.807, 2.05) is 37.3 Å². The van der Waals surface area contributed by atoms with Crippen molar-refractivity contribution < 1.29 is 14.1 Å². The van der Waals surface area contributed by atoms with Gasteiger partial charge in [0.25, 0.3) is 0 Å². The second-order valence-corrected chi connectivity index (χ2v) is 6.56. The number of benzene rings is 1. The SMILES string of the molecule is Cc1oncc1CN1CC2C(=O)N(Cc3ccccc3)C(=O)C2C1. The number of likely N-dealkylation sites (tertiary alicyclic amines) is 2. The molecule has 1 aromatic carbocycles. The van der Waals surface area contributed by atoms with Crippen LogP contribution in [0.5, 0.6) is 0 Å². The van der Waals surface area contributed by atoms with Crippen molar-refractivity contribution in [1.82, 2.24) is 15.0 Å². The fraction of sp³-hybridized carbons (Fsp3) is 0.389. The first-order valence-corrected chi connectivity index (χ1v) is 8.15. The Kier molecular flexibility index (Phi) is 3.69. The molecule has 2 aliphatic heterocycles. The number of imide groups is 1. The van der Waals surface area contributed by atoms with Crippen LogP contribution in [0, 0.1) is 18.8 Å². The number of hydrogen-bond donors (Lipinski definition) is 0. The number of aromatic nitrogens is 1. The first-order chi connectivity index (χ1) is 11.6. The van der Waals surface area contributed by atoms with Gasteiger partial charge in [0, 0.05) is 25.2 Å². The highest BCUT2D eigenvalue weighted by Crippen LogP contribution is 2.35. The Morgan fingerprint density at radius 3 is 2.33 bits per heavy atom. The van der Waals surface area contributed by atoms with E-state index in [1.165, 1.54) is 4.90 Å². The molecule has 0 N–H and O–H groups in total. The number of carbonyl (C=O) groups excluding carboxylic acids is 2. The maximum absolute atomic E-state index is 12.7. The second kappa shape index (κ2) is 5.87. The van der Waals surface area contributed by atoms with E-state index < -0.39 is 0 Å². The molecular formula is C18H19N3O3. The summed E-state index contributed by atoms with van der Waals surface area (Å²) in [6.45, 7) is 4.14. The number of rotatable bonds is 4. The Hall–Kier alpha value is -2.47.